The molecule has 7 heteroatoms. The summed E-state index contributed by atoms with van der Waals surface area (Å²) < 4.78 is 44.3. The van der Waals surface area contributed by atoms with Gasteiger partial charge in [-0.15, -0.1) is 0 Å². The van der Waals surface area contributed by atoms with Gasteiger partial charge in [0.05, 0.1) is 17.9 Å². The summed E-state index contributed by atoms with van der Waals surface area (Å²) in [5, 5.41) is 0. The molecule has 0 aliphatic carbocycles. The smallest absolute Gasteiger partial charge is 0.416 e. The summed E-state index contributed by atoms with van der Waals surface area (Å²) in [6, 6.07) is 12.3. The fourth-order valence-electron chi connectivity index (χ4n) is 3.16. The summed E-state index contributed by atoms with van der Waals surface area (Å²) in [5.41, 5.74) is 0.219. The summed E-state index contributed by atoms with van der Waals surface area (Å²) in [5.74, 6) is 0.413. The quantitative estimate of drug-likeness (QED) is 0.804. The zero-order valence-corrected chi connectivity index (χ0v) is 15.0. The molecular weight excluding hydrogens is 357 g/mol. The van der Waals surface area contributed by atoms with E-state index >= 15 is 0 Å². The molecule has 144 valence electrons. The highest BCUT2D eigenvalue weighted by Gasteiger charge is 2.31. The van der Waals surface area contributed by atoms with Crippen LogP contribution >= 0.6 is 0 Å². The van der Waals surface area contributed by atoms with Gasteiger partial charge in [0.15, 0.2) is 0 Å². The van der Waals surface area contributed by atoms with Crippen molar-refractivity contribution < 1.29 is 22.7 Å². The third kappa shape index (κ3) is 4.35. The second kappa shape index (κ2) is 7.90. The number of halogens is 3. The van der Waals surface area contributed by atoms with Crippen molar-refractivity contribution >= 4 is 11.6 Å². The second-order valence-electron chi connectivity index (χ2n) is 6.26. The molecule has 1 fully saturated rings. The number of para-hydroxylation sites is 2. The SMILES string of the molecule is CCOc1ccccc1N1CCN(C(=O)c2cccc(C(F)(F)F)c2)CC1. The minimum absolute atomic E-state index is 0.0630. The fraction of sp³-hybridized carbons (Fsp3) is 0.350. The maximum Gasteiger partial charge on any atom is 0.416 e. The molecule has 4 nitrogen and oxygen atoms in total. The summed E-state index contributed by atoms with van der Waals surface area (Å²) in [6.45, 7) is 4.54. The van der Waals surface area contributed by atoms with Crippen LogP contribution < -0.4 is 9.64 Å². The number of carbonyl (C=O) groups is 1. The van der Waals surface area contributed by atoms with Crippen molar-refractivity contribution in [1.29, 1.82) is 0 Å². The van der Waals surface area contributed by atoms with Crippen LogP contribution in [-0.2, 0) is 6.18 Å². The molecule has 0 saturated carbocycles. The summed E-state index contributed by atoms with van der Waals surface area (Å²) in [7, 11) is 0. The number of carbonyl (C=O) groups excluding carboxylic acids is 1. The van der Waals surface area contributed by atoms with Crippen LogP contribution in [0.5, 0.6) is 5.75 Å². The second-order valence-corrected chi connectivity index (χ2v) is 6.26. The Morgan fingerprint density at radius 1 is 1.04 bits per heavy atom. The molecule has 0 aromatic heterocycles. The standard InChI is InChI=1S/C20H21F3N2O2/c1-2-27-18-9-4-3-8-17(18)24-10-12-25(13-11-24)19(26)15-6-5-7-16(14-15)20(21,22)23/h3-9,14H,2,10-13H2,1H3. The summed E-state index contributed by atoms with van der Waals surface area (Å²) in [4.78, 5) is 16.3. The van der Waals surface area contributed by atoms with Crippen molar-refractivity contribution in [1.82, 2.24) is 4.90 Å². The van der Waals surface area contributed by atoms with Gasteiger partial charge in [-0.05, 0) is 37.3 Å². The van der Waals surface area contributed by atoms with Gasteiger partial charge >= 0.3 is 6.18 Å². The predicted octanol–water partition coefficient (Wildman–Crippen LogP) is 4.07. The number of alkyl halides is 3. The number of rotatable bonds is 4. The lowest BCUT2D eigenvalue weighted by Gasteiger charge is -2.36. The Morgan fingerprint density at radius 2 is 1.74 bits per heavy atom. The van der Waals surface area contributed by atoms with E-state index in [1.165, 1.54) is 12.1 Å². The Hall–Kier alpha value is -2.70. The molecule has 0 bridgehead atoms. The van der Waals surface area contributed by atoms with Crippen molar-refractivity contribution in [3.05, 3.63) is 59.7 Å². The highest BCUT2D eigenvalue weighted by molar-refractivity contribution is 5.94. The Balaban J connectivity index is 1.68. The van der Waals surface area contributed by atoms with Crippen LogP contribution in [0, 0.1) is 0 Å². The summed E-state index contributed by atoms with van der Waals surface area (Å²) >= 11 is 0. The van der Waals surface area contributed by atoms with Crippen LogP contribution in [0.25, 0.3) is 0 Å². The molecule has 2 aromatic rings. The first-order valence-electron chi connectivity index (χ1n) is 8.83. The number of anilines is 1. The van der Waals surface area contributed by atoms with Gasteiger partial charge in [0.2, 0.25) is 0 Å². The van der Waals surface area contributed by atoms with Crippen molar-refractivity contribution in [2.45, 2.75) is 13.1 Å². The van der Waals surface area contributed by atoms with Gasteiger partial charge in [-0.2, -0.15) is 13.2 Å². The lowest BCUT2D eigenvalue weighted by Crippen LogP contribution is -2.48. The minimum atomic E-state index is -4.46. The first-order valence-corrected chi connectivity index (χ1v) is 8.83. The normalized spacial score (nSPS) is 15.0. The van der Waals surface area contributed by atoms with Gasteiger partial charge in [-0.25, -0.2) is 0 Å². The first kappa shape index (κ1) is 19.1. The molecule has 27 heavy (non-hydrogen) atoms. The van der Waals surface area contributed by atoms with Gasteiger partial charge in [0, 0.05) is 31.7 Å². The van der Waals surface area contributed by atoms with E-state index in [4.69, 9.17) is 4.74 Å². The maximum atomic E-state index is 12.9. The van der Waals surface area contributed by atoms with Gasteiger partial charge in [0.25, 0.3) is 5.91 Å². The molecular formula is C20H21F3N2O2. The summed E-state index contributed by atoms with van der Waals surface area (Å²) in [6.07, 6.45) is -4.46. The molecule has 0 unspecified atom stereocenters. The van der Waals surface area contributed by atoms with E-state index in [1.807, 2.05) is 31.2 Å². The van der Waals surface area contributed by atoms with Crippen LogP contribution in [-0.4, -0.2) is 43.6 Å². The average molecular weight is 378 g/mol. The highest BCUT2D eigenvalue weighted by Crippen LogP contribution is 2.31. The largest absolute Gasteiger partial charge is 0.492 e. The number of benzene rings is 2. The molecule has 1 heterocycles. The molecule has 1 amide bonds. The van der Waals surface area contributed by atoms with Gasteiger partial charge in [-0.1, -0.05) is 18.2 Å². The maximum absolute atomic E-state index is 12.9. The Labute approximate surface area is 156 Å². The molecule has 1 aliphatic rings. The Kier molecular flexibility index (Phi) is 5.58. The van der Waals surface area contributed by atoms with Crippen LogP contribution in [0.1, 0.15) is 22.8 Å². The highest BCUT2D eigenvalue weighted by atomic mass is 19.4. The van der Waals surface area contributed by atoms with Crippen molar-refractivity contribution in [2.75, 3.05) is 37.7 Å². The van der Waals surface area contributed by atoms with Gasteiger partial charge in [0.1, 0.15) is 5.75 Å². The van der Waals surface area contributed by atoms with Gasteiger partial charge in [-0.3, -0.25) is 4.79 Å². The third-order valence-corrected chi connectivity index (χ3v) is 4.51. The van der Waals surface area contributed by atoms with Gasteiger partial charge < -0.3 is 14.5 Å². The number of hydrogen-bond donors (Lipinski definition) is 0. The van der Waals surface area contributed by atoms with Crippen molar-refractivity contribution in [3.8, 4) is 5.75 Å². The molecule has 0 N–H and O–H groups in total. The number of nitrogens with zero attached hydrogens (tertiary/aromatic N) is 2. The lowest BCUT2D eigenvalue weighted by molar-refractivity contribution is -0.137. The molecule has 0 atom stereocenters. The van der Waals surface area contributed by atoms with E-state index in [1.54, 1.807) is 4.90 Å². The van der Waals surface area contributed by atoms with Crippen molar-refractivity contribution in [3.63, 3.8) is 0 Å². The molecule has 1 saturated heterocycles. The van der Waals surface area contributed by atoms with Crippen LogP contribution in [0.2, 0.25) is 0 Å². The Morgan fingerprint density at radius 3 is 2.41 bits per heavy atom. The van der Waals surface area contributed by atoms with E-state index < -0.39 is 11.7 Å². The zero-order chi connectivity index (χ0) is 19.4. The number of amides is 1. The lowest BCUT2D eigenvalue weighted by atomic mass is 10.1. The van der Waals surface area contributed by atoms with E-state index in [-0.39, 0.29) is 11.5 Å². The minimum Gasteiger partial charge on any atom is -0.492 e. The zero-order valence-electron chi connectivity index (χ0n) is 15.0. The van der Waals surface area contributed by atoms with Crippen LogP contribution in [0.3, 0.4) is 0 Å². The molecule has 2 aromatic carbocycles. The first-order chi connectivity index (χ1) is 12.9. The topological polar surface area (TPSA) is 32.8 Å². The number of hydrogen-bond acceptors (Lipinski definition) is 3. The molecule has 0 radical (unpaired) electrons. The fourth-order valence-corrected chi connectivity index (χ4v) is 3.16. The third-order valence-electron chi connectivity index (χ3n) is 4.51. The molecule has 1 aliphatic heterocycles. The molecule has 3 rings (SSSR count). The monoisotopic (exact) mass is 378 g/mol. The number of piperazine rings is 1. The van der Waals surface area contributed by atoms with E-state index in [0.717, 1.165) is 23.6 Å². The van der Waals surface area contributed by atoms with Crippen LogP contribution in [0.15, 0.2) is 48.5 Å². The Bertz CT molecular complexity index is 800. The average Bonchev–Trinajstić information content (AvgIpc) is 2.68. The van der Waals surface area contributed by atoms with E-state index in [2.05, 4.69) is 4.90 Å². The van der Waals surface area contributed by atoms with Crippen LogP contribution in [0.4, 0.5) is 18.9 Å². The predicted molar refractivity (Wildman–Crippen MR) is 97.2 cm³/mol. The number of ether oxygens (including phenoxy) is 1. The van der Waals surface area contributed by atoms with Crippen molar-refractivity contribution in [2.24, 2.45) is 0 Å². The van der Waals surface area contributed by atoms with E-state index in [9.17, 15) is 18.0 Å². The molecule has 0 spiro atoms. The van der Waals surface area contributed by atoms with E-state index in [0.29, 0.717) is 32.8 Å².